The minimum atomic E-state index is -0.367. The summed E-state index contributed by atoms with van der Waals surface area (Å²) in [4.78, 5) is 15.8. The van der Waals surface area contributed by atoms with Crippen LogP contribution in [0.2, 0.25) is 0 Å². The molecule has 0 aliphatic carbocycles. The second kappa shape index (κ2) is 5.52. The number of hydrogen-bond acceptors (Lipinski definition) is 4. The van der Waals surface area contributed by atoms with E-state index in [4.69, 9.17) is 5.73 Å². The summed E-state index contributed by atoms with van der Waals surface area (Å²) in [5.74, 6) is 0.485. The van der Waals surface area contributed by atoms with E-state index >= 15 is 0 Å². The van der Waals surface area contributed by atoms with Gasteiger partial charge in [0, 0.05) is 12.2 Å². The number of carbonyl (C=O) groups excluding carboxylic acids is 1. The summed E-state index contributed by atoms with van der Waals surface area (Å²) in [7, 11) is 0. The molecule has 4 N–H and O–H groups in total. The molecular weight excluding hydrogens is 216 g/mol. The Kier molecular flexibility index (Phi) is 4.31. The molecule has 1 atom stereocenters. The van der Waals surface area contributed by atoms with E-state index in [0.717, 1.165) is 5.56 Å². The second-order valence-corrected chi connectivity index (χ2v) is 4.42. The monoisotopic (exact) mass is 236 g/mol. The van der Waals surface area contributed by atoms with Crippen LogP contribution >= 0.6 is 0 Å². The summed E-state index contributed by atoms with van der Waals surface area (Å²) in [5, 5.41) is 5.83. The molecule has 0 bridgehead atoms. The molecule has 0 fully saturated rings. The number of carbonyl (C=O) groups is 1. The number of hydrogen-bond donors (Lipinski definition) is 3. The number of pyridine rings is 1. The lowest BCUT2D eigenvalue weighted by Crippen LogP contribution is -2.41. The molecular formula is C12H20N4O. The number of nitrogens with two attached hydrogens (primary N) is 1. The minimum absolute atomic E-state index is 0.0669. The topological polar surface area (TPSA) is 80.0 Å². The van der Waals surface area contributed by atoms with Crippen molar-refractivity contribution < 1.29 is 4.79 Å². The third-order valence-electron chi connectivity index (χ3n) is 2.39. The first-order valence-corrected chi connectivity index (χ1v) is 5.69. The van der Waals surface area contributed by atoms with Gasteiger partial charge in [-0.15, -0.1) is 0 Å². The van der Waals surface area contributed by atoms with Crippen LogP contribution in [-0.4, -0.2) is 23.0 Å². The Morgan fingerprint density at radius 3 is 2.65 bits per heavy atom. The molecule has 1 heterocycles. The average molecular weight is 236 g/mol. The van der Waals surface area contributed by atoms with Crippen LogP contribution in [0.5, 0.6) is 0 Å². The van der Waals surface area contributed by atoms with Gasteiger partial charge in [-0.05, 0) is 39.3 Å². The van der Waals surface area contributed by atoms with E-state index in [0.29, 0.717) is 11.5 Å². The molecule has 5 heteroatoms. The Labute approximate surface area is 102 Å². The Bertz CT molecular complexity index is 403. The van der Waals surface area contributed by atoms with E-state index in [1.165, 1.54) is 0 Å². The van der Waals surface area contributed by atoms with Gasteiger partial charge in [0.2, 0.25) is 5.91 Å². The lowest BCUT2D eigenvalue weighted by molar-refractivity contribution is -0.122. The van der Waals surface area contributed by atoms with Crippen LogP contribution in [0.1, 0.15) is 26.3 Å². The van der Waals surface area contributed by atoms with E-state index in [-0.39, 0.29) is 18.0 Å². The quantitative estimate of drug-likeness (QED) is 0.736. The molecule has 1 aromatic rings. The number of anilines is 2. The first-order chi connectivity index (χ1) is 7.91. The molecule has 0 radical (unpaired) electrons. The van der Waals surface area contributed by atoms with Crippen molar-refractivity contribution in [3.8, 4) is 0 Å². The van der Waals surface area contributed by atoms with Crippen LogP contribution in [0.15, 0.2) is 12.3 Å². The fraction of sp³-hybridized carbons (Fsp3) is 0.500. The predicted octanol–water partition coefficient (Wildman–Crippen LogP) is 1.30. The van der Waals surface area contributed by atoms with Crippen molar-refractivity contribution in [2.75, 3.05) is 11.1 Å². The lowest BCUT2D eigenvalue weighted by atomic mass is 10.2. The highest BCUT2D eigenvalue weighted by atomic mass is 16.2. The van der Waals surface area contributed by atoms with Crippen LogP contribution < -0.4 is 16.4 Å². The van der Waals surface area contributed by atoms with Crippen LogP contribution in [0.25, 0.3) is 0 Å². The first kappa shape index (κ1) is 13.3. The van der Waals surface area contributed by atoms with Gasteiger partial charge in [0.25, 0.3) is 0 Å². The molecule has 94 valence electrons. The Morgan fingerprint density at radius 2 is 2.06 bits per heavy atom. The highest BCUT2D eigenvalue weighted by Gasteiger charge is 2.15. The number of amides is 1. The summed E-state index contributed by atoms with van der Waals surface area (Å²) in [6.45, 7) is 7.52. The summed E-state index contributed by atoms with van der Waals surface area (Å²) in [6, 6.07) is 1.59. The van der Waals surface area contributed by atoms with Gasteiger partial charge in [-0.2, -0.15) is 0 Å². The molecule has 1 aromatic heterocycles. The summed E-state index contributed by atoms with van der Waals surface area (Å²) < 4.78 is 0. The normalized spacial score (nSPS) is 12.3. The fourth-order valence-electron chi connectivity index (χ4n) is 1.36. The van der Waals surface area contributed by atoms with Crippen molar-refractivity contribution in [2.24, 2.45) is 0 Å². The smallest absolute Gasteiger partial charge is 0.242 e. The molecule has 0 aromatic carbocycles. The van der Waals surface area contributed by atoms with Crippen molar-refractivity contribution in [3.63, 3.8) is 0 Å². The van der Waals surface area contributed by atoms with Crippen molar-refractivity contribution in [1.82, 2.24) is 10.3 Å². The highest BCUT2D eigenvalue weighted by molar-refractivity contribution is 5.85. The zero-order chi connectivity index (χ0) is 13.0. The van der Waals surface area contributed by atoms with Crippen molar-refractivity contribution >= 4 is 17.4 Å². The lowest BCUT2D eigenvalue weighted by Gasteiger charge is -2.17. The van der Waals surface area contributed by atoms with Gasteiger partial charge in [0.05, 0.1) is 5.69 Å². The van der Waals surface area contributed by atoms with Crippen LogP contribution in [0, 0.1) is 6.92 Å². The number of nitrogen functional groups attached to an aromatic ring is 1. The van der Waals surface area contributed by atoms with Gasteiger partial charge in [-0.1, -0.05) is 0 Å². The number of rotatable bonds is 4. The number of nitrogens with one attached hydrogen (secondary N) is 2. The molecule has 1 rings (SSSR count). The van der Waals surface area contributed by atoms with Crippen molar-refractivity contribution in [3.05, 3.63) is 17.8 Å². The minimum Gasteiger partial charge on any atom is -0.396 e. The van der Waals surface area contributed by atoms with Crippen LogP contribution in [0.4, 0.5) is 11.5 Å². The molecule has 0 saturated carbocycles. The second-order valence-electron chi connectivity index (χ2n) is 4.42. The third-order valence-corrected chi connectivity index (χ3v) is 2.39. The SMILES string of the molecule is Cc1ccnc(NC(C)C(=O)NC(C)C)c1N. The molecule has 1 unspecified atom stereocenters. The largest absolute Gasteiger partial charge is 0.396 e. The summed E-state index contributed by atoms with van der Waals surface area (Å²) in [6.07, 6.45) is 1.67. The van der Waals surface area contributed by atoms with E-state index in [9.17, 15) is 4.79 Å². The van der Waals surface area contributed by atoms with E-state index in [1.54, 1.807) is 13.1 Å². The van der Waals surface area contributed by atoms with Gasteiger partial charge in [-0.3, -0.25) is 4.79 Å². The Hall–Kier alpha value is -1.78. The van der Waals surface area contributed by atoms with Gasteiger partial charge >= 0.3 is 0 Å². The van der Waals surface area contributed by atoms with E-state index in [2.05, 4.69) is 15.6 Å². The standard InChI is InChI=1S/C12H20N4O/c1-7(2)15-12(17)9(4)16-11-10(13)8(3)5-6-14-11/h5-7,9H,13H2,1-4H3,(H,14,16)(H,15,17). The molecule has 1 amide bonds. The Morgan fingerprint density at radius 1 is 1.41 bits per heavy atom. The first-order valence-electron chi connectivity index (χ1n) is 5.69. The maximum absolute atomic E-state index is 11.7. The molecule has 5 nitrogen and oxygen atoms in total. The zero-order valence-corrected chi connectivity index (χ0v) is 10.7. The molecule has 0 aliphatic rings. The summed E-state index contributed by atoms with van der Waals surface area (Å²) in [5.41, 5.74) is 7.40. The maximum Gasteiger partial charge on any atom is 0.242 e. The summed E-state index contributed by atoms with van der Waals surface area (Å²) >= 11 is 0. The number of nitrogens with zero attached hydrogens (tertiary/aromatic N) is 1. The molecule has 0 saturated heterocycles. The molecule has 17 heavy (non-hydrogen) atoms. The van der Waals surface area contributed by atoms with Gasteiger partial charge in [0.1, 0.15) is 11.9 Å². The zero-order valence-electron chi connectivity index (χ0n) is 10.7. The Balaban J connectivity index is 2.71. The van der Waals surface area contributed by atoms with Crippen LogP contribution in [-0.2, 0) is 4.79 Å². The van der Waals surface area contributed by atoms with Gasteiger partial charge < -0.3 is 16.4 Å². The van der Waals surface area contributed by atoms with Gasteiger partial charge in [-0.25, -0.2) is 4.98 Å². The van der Waals surface area contributed by atoms with Crippen molar-refractivity contribution in [1.29, 1.82) is 0 Å². The maximum atomic E-state index is 11.7. The van der Waals surface area contributed by atoms with E-state index < -0.39 is 0 Å². The molecule has 0 aliphatic heterocycles. The fourth-order valence-corrected chi connectivity index (χ4v) is 1.36. The molecule has 0 spiro atoms. The average Bonchev–Trinajstić information content (AvgIpc) is 2.23. The predicted molar refractivity (Wildman–Crippen MR) is 69.7 cm³/mol. The third kappa shape index (κ3) is 3.62. The van der Waals surface area contributed by atoms with Crippen molar-refractivity contribution in [2.45, 2.75) is 39.8 Å². The number of aryl methyl sites for hydroxylation is 1. The van der Waals surface area contributed by atoms with E-state index in [1.807, 2.05) is 26.8 Å². The highest BCUT2D eigenvalue weighted by Crippen LogP contribution is 2.19. The van der Waals surface area contributed by atoms with Gasteiger partial charge in [0.15, 0.2) is 0 Å². The van der Waals surface area contributed by atoms with Crippen LogP contribution in [0.3, 0.4) is 0 Å². The number of aromatic nitrogens is 1.